The van der Waals surface area contributed by atoms with Gasteiger partial charge >= 0.3 is 5.69 Å². The molecule has 2 aliphatic rings. The number of nitrogens with one attached hydrogen (secondary N) is 2. The van der Waals surface area contributed by atoms with Crippen LogP contribution in [0.5, 0.6) is 0 Å². The summed E-state index contributed by atoms with van der Waals surface area (Å²) in [7, 11) is 0. The molecule has 0 bridgehead atoms. The number of rotatable bonds is 3. The molecule has 0 spiro atoms. The number of anilines is 1. The van der Waals surface area contributed by atoms with E-state index in [1.165, 1.54) is 51.3 Å². The standard InChI is InChI=1S/C20H24N6O2S/c27-18-11-15(22-19(28)24-18)14-10-17-16(12-21-14)23-20(29-17)26-8-4-13(5-9-26)25-6-2-1-3-7-25/h10-13H,1-9H2,(H2,22,24,27,28). The number of H-pyrrole nitrogens is 2. The van der Waals surface area contributed by atoms with E-state index in [0.29, 0.717) is 17.4 Å². The fraction of sp³-hybridized carbons (Fsp3) is 0.500. The van der Waals surface area contributed by atoms with Crippen molar-refractivity contribution in [3.8, 4) is 11.4 Å². The minimum Gasteiger partial charge on any atom is -0.348 e. The zero-order valence-electron chi connectivity index (χ0n) is 16.2. The fourth-order valence-corrected chi connectivity index (χ4v) is 5.44. The highest BCUT2D eigenvalue weighted by molar-refractivity contribution is 7.22. The Hall–Kier alpha value is -2.52. The van der Waals surface area contributed by atoms with Crippen LogP contribution in [-0.2, 0) is 0 Å². The second kappa shape index (κ2) is 7.72. The second-order valence-electron chi connectivity index (χ2n) is 7.85. The molecule has 2 N–H and O–H groups in total. The van der Waals surface area contributed by atoms with E-state index in [2.05, 4.69) is 24.8 Å². The summed E-state index contributed by atoms with van der Waals surface area (Å²) in [6.45, 7) is 4.57. The van der Waals surface area contributed by atoms with E-state index >= 15 is 0 Å². The Morgan fingerprint density at radius 2 is 1.79 bits per heavy atom. The van der Waals surface area contributed by atoms with Crippen molar-refractivity contribution in [1.29, 1.82) is 0 Å². The number of aromatic amines is 2. The number of likely N-dealkylation sites (tertiary alicyclic amines) is 1. The number of thiazole rings is 1. The molecule has 0 radical (unpaired) electrons. The van der Waals surface area contributed by atoms with Gasteiger partial charge in [-0.3, -0.25) is 14.8 Å². The topological polar surface area (TPSA) is 98.0 Å². The van der Waals surface area contributed by atoms with E-state index in [1.54, 1.807) is 17.5 Å². The first-order valence-electron chi connectivity index (χ1n) is 10.3. The van der Waals surface area contributed by atoms with Gasteiger partial charge in [0.15, 0.2) is 5.13 Å². The Balaban J connectivity index is 1.34. The van der Waals surface area contributed by atoms with Crippen LogP contribution in [0.25, 0.3) is 21.6 Å². The largest absolute Gasteiger partial charge is 0.348 e. The molecule has 2 fully saturated rings. The van der Waals surface area contributed by atoms with Crippen LogP contribution in [0.2, 0.25) is 0 Å². The number of hydrogen-bond acceptors (Lipinski definition) is 7. The van der Waals surface area contributed by atoms with Crippen LogP contribution in [0.1, 0.15) is 32.1 Å². The molecule has 9 heteroatoms. The van der Waals surface area contributed by atoms with Gasteiger partial charge in [-0.1, -0.05) is 17.8 Å². The van der Waals surface area contributed by atoms with Gasteiger partial charge in [0.05, 0.1) is 22.3 Å². The van der Waals surface area contributed by atoms with Crippen LogP contribution in [0.3, 0.4) is 0 Å². The Labute approximate surface area is 171 Å². The predicted molar refractivity (Wildman–Crippen MR) is 115 cm³/mol. The number of hydrogen-bond donors (Lipinski definition) is 2. The average Bonchev–Trinajstić information content (AvgIpc) is 3.17. The predicted octanol–water partition coefficient (Wildman–Crippen LogP) is 2.19. The zero-order valence-corrected chi connectivity index (χ0v) is 17.0. The lowest BCUT2D eigenvalue weighted by Crippen LogP contribution is -2.46. The quantitative estimate of drug-likeness (QED) is 0.684. The van der Waals surface area contributed by atoms with E-state index in [1.807, 2.05) is 6.07 Å². The van der Waals surface area contributed by atoms with Crippen molar-refractivity contribution in [3.63, 3.8) is 0 Å². The monoisotopic (exact) mass is 412 g/mol. The second-order valence-corrected chi connectivity index (χ2v) is 8.86. The molecule has 0 unspecified atom stereocenters. The van der Waals surface area contributed by atoms with Crippen molar-refractivity contribution >= 4 is 26.7 Å². The fourth-order valence-electron chi connectivity index (χ4n) is 4.41. The zero-order chi connectivity index (χ0) is 19.8. The third-order valence-corrected chi connectivity index (χ3v) is 7.02. The summed E-state index contributed by atoms with van der Waals surface area (Å²) in [5, 5.41) is 1.02. The van der Waals surface area contributed by atoms with Crippen LogP contribution in [-0.4, -0.2) is 57.1 Å². The van der Waals surface area contributed by atoms with Crippen LogP contribution in [0.15, 0.2) is 27.9 Å². The van der Waals surface area contributed by atoms with Gasteiger partial charge in [-0.15, -0.1) is 0 Å². The summed E-state index contributed by atoms with van der Waals surface area (Å²) in [4.78, 5) is 42.1. The van der Waals surface area contributed by atoms with Crippen LogP contribution < -0.4 is 16.1 Å². The highest BCUT2D eigenvalue weighted by Crippen LogP contribution is 2.32. The Morgan fingerprint density at radius 3 is 2.55 bits per heavy atom. The average molecular weight is 413 g/mol. The lowest BCUT2D eigenvalue weighted by molar-refractivity contribution is 0.141. The normalized spacial score (nSPS) is 19.1. The first kappa shape index (κ1) is 18.5. The molecular formula is C20H24N6O2S. The lowest BCUT2D eigenvalue weighted by Gasteiger charge is -2.40. The third-order valence-electron chi connectivity index (χ3n) is 5.94. The maximum Gasteiger partial charge on any atom is 0.326 e. The van der Waals surface area contributed by atoms with Gasteiger partial charge in [0.2, 0.25) is 0 Å². The smallest absolute Gasteiger partial charge is 0.326 e. The third kappa shape index (κ3) is 3.84. The minimum absolute atomic E-state index is 0.415. The van der Waals surface area contributed by atoms with E-state index in [0.717, 1.165) is 28.4 Å². The van der Waals surface area contributed by atoms with Crippen molar-refractivity contribution in [3.05, 3.63) is 39.2 Å². The molecule has 152 valence electrons. The summed E-state index contributed by atoms with van der Waals surface area (Å²) in [6.07, 6.45) is 8.14. The summed E-state index contributed by atoms with van der Waals surface area (Å²) in [5.41, 5.74) is 0.861. The summed E-state index contributed by atoms with van der Waals surface area (Å²) < 4.78 is 1.00. The molecule has 8 nitrogen and oxygen atoms in total. The molecule has 0 aromatic carbocycles. The van der Waals surface area contributed by atoms with Crippen molar-refractivity contribution in [1.82, 2.24) is 24.8 Å². The van der Waals surface area contributed by atoms with Crippen LogP contribution >= 0.6 is 11.3 Å². The molecule has 0 atom stereocenters. The van der Waals surface area contributed by atoms with Gasteiger partial charge in [0.1, 0.15) is 5.52 Å². The molecule has 0 amide bonds. The van der Waals surface area contributed by atoms with Crippen molar-refractivity contribution < 1.29 is 0 Å². The summed E-state index contributed by atoms with van der Waals surface area (Å²) in [5.74, 6) is 0. The molecule has 5 rings (SSSR count). The number of fused-ring (bicyclic) bond motifs is 1. The summed E-state index contributed by atoms with van der Waals surface area (Å²) >= 11 is 1.64. The van der Waals surface area contributed by atoms with E-state index in [-0.39, 0.29) is 0 Å². The maximum absolute atomic E-state index is 11.6. The molecule has 5 heterocycles. The number of aromatic nitrogens is 4. The molecule has 2 saturated heterocycles. The van der Waals surface area contributed by atoms with Crippen molar-refractivity contribution in [2.45, 2.75) is 38.1 Å². The van der Waals surface area contributed by atoms with Crippen molar-refractivity contribution in [2.75, 3.05) is 31.1 Å². The molecule has 3 aromatic rings. The number of nitrogens with zero attached hydrogens (tertiary/aromatic N) is 4. The highest BCUT2D eigenvalue weighted by atomic mass is 32.1. The van der Waals surface area contributed by atoms with Crippen LogP contribution in [0, 0.1) is 0 Å². The van der Waals surface area contributed by atoms with E-state index < -0.39 is 11.2 Å². The Bertz CT molecular complexity index is 1090. The van der Waals surface area contributed by atoms with Gasteiger partial charge in [0.25, 0.3) is 5.56 Å². The lowest BCUT2D eigenvalue weighted by atomic mass is 10.0. The molecule has 2 aliphatic heterocycles. The first-order valence-corrected chi connectivity index (χ1v) is 11.1. The van der Waals surface area contributed by atoms with E-state index in [9.17, 15) is 9.59 Å². The van der Waals surface area contributed by atoms with Gasteiger partial charge in [-0.2, -0.15) is 0 Å². The van der Waals surface area contributed by atoms with Gasteiger partial charge < -0.3 is 14.8 Å². The Kier molecular flexibility index (Phi) is 4.92. The molecular weight excluding hydrogens is 388 g/mol. The molecule has 0 aliphatic carbocycles. The number of piperidine rings is 2. The molecule has 29 heavy (non-hydrogen) atoms. The molecule has 0 saturated carbocycles. The Morgan fingerprint density at radius 1 is 1.00 bits per heavy atom. The van der Waals surface area contributed by atoms with E-state index in [4.69, 9.17) is 4.98 Å². The molecule has 3 aromatic heterocycles. The number of pyridine rings is 1. The maximum atomic E-state index is 11.6. The minimum atomic E-state index is -0.532. The van der Waals surface area contributed by atoms with Crippen LogP contribution in [0.4, 0.5) is 5.13 Å². The van der Waals surface area contributed by atoms with Crippen molar-refractivity contribution in [2.24, 2.45) is 0 Å². The van der Waals surface area contributed by atoms with Gasteiger partial charge in [-0.05, 0) is 44.8 Å². The highest BCUT2D eigenvalue weighted by Gasteiger charge is 2.26. The first-order chi connectivity index (χ1) is 14.2. The summed E-state index contributed by atoms with van der Waals surface area (Å²) in [6, 6.07) is 3.95. The van der Waals surface area contributed by atoms with Gasteiger partial charge in [0, 0.05) is 25.2 Å². The SMILES string of the molecule is O=c1cc(-c2cc3sc(N4CCC(N5CCCCC5)CC4)nc3cn2)[nH]c(=O)[nH]1. The van der Waals surface area contributed by atoms with Gasteiger partial charge in [-0.25, -0.2) is 9.78 Å².